The summed E-state index contributed by atoms with van der Waals surface area (Å²) in [6, 6.07) is 10.2. The number of hydrogen-bond donors (Lipinski definition) is 2. The van der Waals surface area contributed by atoms with E-state index in [1.807, 2.05) is 44.2 Å². The van der Waals surface area contributed by atoms with Crippen LogP contribution in [0.15, 0.2) is 30.3 Å². The first-order valence-electron chi connectivity index (χ1n) is 6.68. The van der Waals surface area contributed by atoms with E-state index in [0.717, 1.165) is 31.5 Å². The number of nitrogens with one attached hydrogen (secondary N) is 2. The Bertz CT molecular complexity index is 394. The number of piperidine rings is 1. The summed E-state index contributed by atoms with van der Waals surface area (Å²) in [6.45, 7) is 5.91. The summed E-state index contributed by atoms with van der Waals surface area (Å²) in [4.78, 5) is 12.4. The van der Waals surface area contributed by atoms with E-state index in [9.17, 15) is 4.79 Å². The summed E-state index contributed by atoms with van der Waals surface area (Å²) in [6.07, 6.45) is 2.21. The fourth-order valence-corrected chi connectivity index (χ4v) is 2.33. The molecule has 2 N–H and O–H groups in total. The van der Waals surface area contributed by atoms with Gasteiger partial charge in [-0.25, -0.2) is 0 Å². The Morgan fingerprint density at radius 3 is 2.67 bits per heavy atom. The van der Waals surface area contributed by atoms with E-state index in [-0.39, 0.29) is 11.9 Å². The van der Waals surface area contributed by atoms with Crippen molar-refractivity contribution in [1.82, 2.24) is 10.6 Å². The maximum atomic E-state index is 12.4. The van der Waals surface area contributed by atoms with E-state index >= 15 is 0 Å². The molecule has 0 radical (unpaired) electrons. The van der Waals surface area contributed by atoms with E-state index in [1.54, 1.807) is 0 Å². The van der Waals surface area contributed by atoms with Gasteiger partial charge in [-0.05, 0) is 38.8 Å². The van der Waals surface area contributed by atoms with E-state index in [0.29, 0.717) is 0 Å². The number of rotatable bonds is 3. The Balaban J connectivity index is 2.03. The molecule has 0 aromatic heterocycles. The molecule has 0 aliphatic carbocycles. The van der Waals surface area contributed by atoms with Crippen LogP contribution in [0.1, 0.15) is 32.3 Å². The first-order valence-corrected chi connectivity index (χ1v) is 6.68. The lowest BCUT2D eigenvalue weighted by Crippen LogP contribution is -2.50. The molecule has 1 aromatic rings. The Hall–Kier alpha value is -1.35. The minimum absolute atomic E-state index is 0.113. The fourth-order valence-electron chi connectivity index (χ4n) is 2.33. The van der Waals surface area contributed by atoms with Gasteiger partial charge in [-0.15, -0.1) is 0 Å². The Labute approximate surface area is 109 Å². The molecule has 3 heteroatoms. The van der Waals surface area contributed by atoms with E-state index < -0.39 is 5.41 Å². The Kier molecular flexibility index (Phi) is 4.02. The highest BCUT2D eigenvalue weighted by atomic mass is 16.2. The van der Waals surface area contributed by atoms with Crippen LogP contribution in [0.3, 0.4) is 0 Å². The van der Waals surface area contributed by atoms with Crippen LogP contribution >= 0.6 is 0 Å². The maximum absolute atomic E-state index is 12.4. The number of carbonyl (C=O) groups is 1. The molecule has 98 valence electrons. The third kappa shape index (κ3) is 2.91. The normalized spacial score (nSPS) is 20.4. The largest absolute Gasteiger partial charge is 0.351 e. The lowest BCUT2D eigenvalue weighted by molar-refractivity contribution is -0.126. The van der Waals surface area contributed by atoms with Gasteiger partial charge in [0.1, 0.15) is 0 Å². The first kappa shape index (κ1) is 13.1. The molecule has 1 aliphatic rings. The second kappa shape index (κ2) is 5.53. The van der Waals surface area contributed by atoms with Crippen molar-refractivity contribution in [2.24, 2.45) is 0 Å². The monoisotopic (exact) mass is 246 g/mol. The lowest BCUT2D eigenvalue weighted by Gasteiger charge is -2.30. The van der Waals surface area contributed by atoms with Crippen LogP contribution in [0.4, 0.5) is 0 Å². The smallest absolute Gasteiger partial charge is 0.230 e. The van der Waals surface area contributed by atoms with Crippen molar-refractivity contribution in [3.05, 3.63) is 35.9 Å². The van der Waals surface area contributed by atoms with Gasteiger partial charge in [0.15, 0.2) is 0 Å². The number of hydrogen-bond acceptors (Lipinski definition) is 2. The standard InChI is InChI=1S/C15H22N2O/c1-15(2,12-7-4-3-5-8-12)14(18)17-13-9-6-10-16-11-13/h3-5,7-8,13,16H,6,9-11H2,1-2H3,(H,17,18). The molecule has 0 saturated carbocycles. The zero-order chi connectivity index (χ0) is 13.0. The lowest BCUT2D eigenvalue weighted by atomic mass is 9.83. The second-order valence-electron chi connectivity index (χ2n) is 5.51. The molecule has 1 aliphatic heterocycles. The highest BCUT2D eigenvalue weighted by molar-refractivity contribution is 5.87. The molecule has 3 nitrogen and oxygen atoms in total. The molecule has 0 spiro atoms. The van der Waals surface area contributed by atoms with Crippen molar-refractivity contribution in [3.63, 3.8) is 0 Å². The summed E-state index contributed by atoms with van der Waals surface area (Å²) < 4.78 is 0. The van der Waals surface area contributed by atoms with Gasteiger partial charge in [-0.3, -0.25) is 4.79 Å². The van der Waals surface area contributed by atoms with Gasteiger partial charge in [-0.1, -0.05) is 30.3 Å². The maximum Gasteiger partial charge on any atom is 0.230 e. The van der Waals surface area contributed by atoms with Gasteiger partial charge in [-0.2, -0.15) is 0 Å². The zero-order valence-electron chi connectivity index (χ0n) is 11.2. The van der Waals surface area contributed by atoms with Crippen molar-refractivity contribution in [3.8, 4) is 0 Å². The minimum atomic E-state index is -0.474. The molecule has 1 aromatic carbocycles. The molecular formula is C15H22N2O. The van der Waals surface area contributed by atoms with Crippen LogP contribution < -0.4 is 10.6 Å². The average Bonchev–Trinajstić information content (AvgIpc) is 2.41. The van der Waals surface area contributed by atoms with Gasteiger partial charge in [0, 0.05) is 12.6 Å². The Morgan fingerprint density at radius 1 is 1.33 bits per heavy atom. The average molecular weight is 246 g/mol. The van der Waals surface area contributed by atoms with Crippen LogP contribution in [-0.2, 0) is 10.2 Å². The van der Waals surface area contributed by atoms with E-state index in [4.69, 9.17) is 0 Å². The van der Waals surface area contributed by atoms with E-state index in [1.165, 1.54) is 0 Å². The van der Waals surface area contributed by atoms with Crippen molar-refractivity contribution in [2.45, 2.75) is 38.1 Å². The molecule has 2 rings (SSSR count). The van der Waals surface area contributed by atoms with Crippen LogP contribution in [0, 0.1) is 0 Å². The highest BCUT2D eigenvalue weighted by Crippen LogP contribution is 2.23. The number of amides is 1. The van der Waals surface area contributed by atoms with Gasteiger partial charge in [0.05, 0.1) is 5.41 Å². The molecule has 1 saturated heterocycles. The predicted octanol–water partition coefficient (Wildman–Crippen LogP) is 1.83. The zero-order valence-corrected chi connectivity index (χ0v) is 11.2. The van der Waals surface area contributed by atoms with Crippen molar-refractivity contribution in [2.75, 3.05) is 13.1 Å². The molecule has 0 bridgehead atoms. The van der Waals surface area contributed by atoms with Gasteiger partial charge >= 0.3 is 0 Å². The molecule has 1 unspecified atom stereocenters. The number of benzene rings is 1. The predicted molar refractivity (Wildman–Crippen MR) is 73.5 cm³/mol. The molecule has 1 heterocycles. The summed E-state index contributed by atoms with van der Waals surface area (Å²) in [5, 5.41) is 6.47. The third-order valence-corrected chi connectivity index (χ3v) is 3.70. The van der Waals surface area contributed by atoms with E-state index in [2.05, 4.69) is 10.6 Å². The fraction of sp³-hybridized carbons (Fsp3) is 0.533. The molecule has 1 fully saturated rings. The summed E-state index contributed by atoms with van der Waals surface area (Å²) >= 11 is 0. The highest BCUT2D eigenvalue weighted by Gasteiger charge is 2.31. The molecule has 18 heavy (non-hydrogen) atoms. The van der Waals surface area contributed by atoms with Crippen LogP contribution in [0.2, 0.25) is 0 Å². The Morgan fingerprint density at radius 2 is 2.06 bits per heavy atom. The topological polar surface area (TPSA) is 41.1 Å². The number of carbonyl (C=O) groups excluding carboxylic acids is 1. The molecular weight excluding hydrogens is 224 g/mol. The quantitative estimate of drug-likeness (QED) is 0.854. The van der Waals surface area contributed by atoms with Crippen molar-refractivity contribution in [1.29, 1.82) is 0 Å². The van der Waals surface area contributed by atoms with Gasteiger partial charge in [0.25, 0.3) is 0 Å². The summed E-state index contributed by atoms with van der Waals surface area (Å²) in [5.74, 6) is 0.113. The van der Waals surface area contributed by atoms with Crippen molar-refractivity contribution >= 4 is 5.91 Å². The third-order valence-electron chi connectivity index (χ3n) is 3.70. The van der Waals surface area contributed by atoms with Crippen LogP contribution in [-0.4, -0.2) is 25.0 Å². The summed E-state index contributed by atoms with van der Waals surface area (Å²) in [7, 11) is 0. The minimum Gasteiger partial charge on any atom is -0.351 e. The van der Waals surface area contributed by atoms with Crippen LogP contribution in [0.25, 0.3) is 0 Å². The van der Waals surface area contributed by atoms with Gasteiger partial charge in [0.2, 0.25) is 5.91 Å². The second-order valence-corrected chi connectivity index (χ2v) is 5.51. The summed E-state index contributed by atoms with van der Waals surface area (Å²) in [5.41, 5.74) is 0.588. The molecule has 1 atom stereocenters. The molecule has 1 amide bonds. The van der Waals surface area contributed by atoms with Crippen LogP contribution in [0.5, 0.6) is 0 Å². The first-order chi connectivity index (χ1) is 8.60. The SMILES string of the molecule is CC(C)(C(=O)NC1CCCNC1)c1ccccc1. The van der Waals surface area contributed by atoms with Crippen molar-refractivity contribution < 1.29 is 4.79 Å². The van der Waals surface area contributed by atoms with Gasteiger partial charge < -0.3 is 10.6 Å².